The SMILES string of the molecule is COc1ccc(CN(C)CC(C)C(=O)O)cc1C#N. The first kappa shape index (κ1) is 15.0. The molecule has 0 aliphatic carbocycles. The summed E-state index contributed by atoms with van der Waals surface area (Å²) in [7, 11) is 3.38. The van der Waals surface area contributed by atoms with Gasteiger partial charge in [0.05, 0.1) is 18.6 Å². The van der Waals surface area contributed by atoms with E-state index in [0.29, 0.717) is 24.4 Å². The van der Waals surface area contributed by atoms with E-state index < -0.39 is 11.9 Å². The molecule has 102 valence electrons. The summed E-state index contributed by atoms with van der Waals surface area (Å²) in [6.45, 7) is 2.73. The van der Waals surface area contributed by atoms with Gasteiger partial charge in [-0.1, -0.05) is 13.0 Å². The summed E-state index contributed by atoms with van der Waals surface area (Å²) < 4.78 is 5.08. The van der Waals surface area contributed by atoms with Gasteiger partial charge in [0.15, 0.2) is 0 Å². The van der Waals surface area contributed by atoms with Crippen molar-refractivity contribution in [3.63, 3.8) is 0 Å². The van der Waals surface area contributed by atoms with Gasteiger partial charge in [0, 0.05) is 13.1 Å². The zero-order valence-corrected chi connectivity index (χ0v) is 11.4. The van der Waals surface area contributed by atoms with Gasteiger partial charge >= 0.3 is 5.97 Å². The van der Waals surface area contributed by atoms with Crippen LogP contribution in [0.15, 0.2) is 18.2 Å². The molecule has 19 heavy (non-hydrogen) atoms. The molecule has 0 aromatic heterocycles. The number of rotatable bonds is 6. The third-order valence-electron chi connectivity index (χ3n) is 2.84. The second-order valence-electron chi connectivity index (χ2n) is 4.58. The number of benzene rings is 1. The lowest BCUT2D eigenvalue weighted by Crippen LogP contribution is -2.28. The highest BCUT2D eigenvalue weighted by Crippen LogP contribution is 2.19. The second kappa shape index (κ2) is 6.76. The molecule has 0 amide bonds. The Morgan fingerprint density at radius 3 is 2.79 bits per heavy atom. The number of aliphatic carboxylic acids is 1. The quantitative estimate of drug-likeness (QED) is 0.845. The average Bonchev–Trinajstić information content (AvgIpc) is 2.38. The van der Waals surface area contributed by atoms with Crippen molar-refractivity contribution in [2.45, 2.75) is 13.5 Å². The number of carboxylic acids is 1. The molecule has 1 rings (SSSR count). The second-order valence-corrected chi connectivity index (χ2v) is 4.58. The summed E-state index contributed by atoms with van der Waals surface area (Å²) in [6.07, 6.45) is 0. The van der Waals surface area contributed by atoms with Crippen molar-refractivity contribution < 1.29 is 14.6 Å². The smallest absolute Gasteiger partial charge is 0.307 e. The number of nitrogens with zero attached hydrogens (tertiary/aromatic N) is 2. The molecule has 0 aliphatic rings. The minimum absolute atomic E-state index is 0.418. The number of ether oxygens (including phenoxy) is 1. The Kier molecular flexibility index (Phi) is 5.34. The van der Waals surface area contributed by atoms with Crippen molar-refractivity contribution in [1.29, 1.82) is 5.26 Å². The summed E-state index contributed by atoms with van der Waals surface area (Å²) in [5.74, 6) is -0.675. The molecule has 5 nitrogen and oxygen atoms in total. The third kappa shape index (κ3) is 4.27. The predicted octanol–water partition coefficient (Wildman–Crippen LogP) is 1.72. The van der Waals surface area contributed by atoms with Crippen LogP contribution in [0.2, 0.25) is 0 Å². The molecule has 1 unspecified atom stereocenters. The van der Waals surface area contributed by atoms with Crippen molar-refractivity contribution in [2.75, 3.05) is 20.7 Å². The fourth-order valence-electron chi connectivity index (χ4n) is 1.86. The lowest BCUT2D eigenvalue weighted by molar-refractivity contribution is -0.141. The lowest BCUT2D eigenvalue weighted by atomic mass is 10.1. The number of carbonyl (C=O) groups is 1. The molecule has 0 saturated heterocycles. The maximum atomic E-state index is 10.8. The summed E-state index contributed by atoms with van der Waals surface area (Å²) in [5, 5.41) is 17.9. The molecule has 5 heteroatoms. The largest absolute Gasteiger partial charge is 0.495 e. The molecule has 1 aromatic carbocycles. The summed E-state index contributed by atoms with van der Waals surface area (Å²) in [6, 6.07) is 7.48. The highest BCUT2D eigenvalue weighted by atomic mass is 16.5. The highest BCUT2D eigenvalue weighted by molar-refractivity contribution is 5.69. The van der Waals surface area contributed by atoms with Gasteiger partial charge in [-0.15, -0.1) is 0 Å². The normalized spacial score (nSPS) is 11.9. The van der Waals surface area contributed by atoms with Crippen LogP contribution in [0.4, 0.5) is 0 Å². The zero-order chi connectivity index (χ0) is 14.4. The summed E-state index contributed by atoms with van der Waals surface area (Å²) in [4.78, 5) is 12.7. The van der Waals surface area contributed by atoms with E-state index in [1.807, 2.05) is 18.0 Å². The van der Waals surface area contributed by atoms with Crippen LogP contribution in [0.25, 0.3) is 0 Å². The van der Waals surface area contributed by atoms with E-state index in [2.05, 4.69) is 6.07 Å². The minimum Gasteiger partial charge on any atom is -0.495 e. The Hall–Kier alpha value is -2.06. The van der Waals surface area contributed by atoms with Crippen molar-refractivity contribution in [3.05, 3.63) is 29.3 Å². The van der Waals surface area contributed by atoms with Gasteiger partial charge in [0.25, 0.3) is 0 Å². The predicted molar refractivity (Wildman–Crippen MR) is 70.8 cm³/mol. The van der Waals surface area contributed by atoms with Crippen LogP contribution < -0.4 is 4.74 Å². The van der Waals surface area contributed by atoms with E-state index in [4.69, 9.17) is 15.1 Å². The van der Waals surface area contributed by atoms with Crippen molar-refractivity contribution in [2.24, 2.45) is 5.92 Å². The van der Waals surface area contributed by atoms with Crippen LogP contribution in [0, 0.1) is 17.2 Å². The molecule has 1 N–H and O–H groups in total. The molecule has 0 aliphatic heterocycles. The van der Waals surface area contributed by atoms with E-state index in [9.17, 15) is 4.79 Å². The van der Waals surface area contributed by atoms with E-state index in [0.717, 1.165) is 5.56 Å². The van der Waals surface area contributed by atoms with Gasteiger partial charge in [-0.2, -0.15) is 5.26 Å². The monoisotopic (exact) mass is 262 g/mol. The summed E-state index contributed by atoms with van der Waals surface area (Å²) >= 11 is 0. The molecular formula is C14H18N2O3. The topological polar surface area (TPSA) is 73.6 Å². The van der Waals surface area contributed by atoms with Crippen LogP contribution >= 0.6 is 0 Å². The van der Waals surface area contributed by atoms with Gasteiger partial charge in [-0.3, -0.25) is 4.79 Å². The molecular weight excluding hydrogens is 244 g/mol. The highest BCUT2D eigenvalue weighted by Gasteiger charge is 2.14. The van der Waals surface area contributed by atoms with E-state index >= 15 is 0 Å². The van der Waals surface area contributed by atoms with Crippen LogP contribution in [-0.4, -0.2) is 36.7 Å². The van der Waals surface area contributed by atoms with Crippen LogP contribution in [0.1, 0.15) is 18.1 Å². The van der Waals surface area contributed by atoms with Crippen molar-refractivity contribution in [3.8, 4) is 11.8 Å². The van der Waals surface area contributed by atoms with Crippen molar-refractivity contribution >= 4 is 5.97 Å². The molecule has 0 bridgehead atoms. The van der Waals surface area contributed by atoms with E-state index in [1.54, 1.807) is 19.1 Å². The van der Waals surface area contributed by atoms with Gasteiger partial charge in [0.1, 0.15) is 11.8 Å². The third-order valence-corrected chi connectivity index (χ3v) is 2.84. The first-order valence-corrected chi connectivity index (χ1v) is 5.96. The Bertz CT molecular complexity index is 494. The lowest BCUT2D eigenvalue weighted by Gasteiger charge is -2.19. The first-order valence-electron chi connectivity index (χ1n) is 5.96. The molecule has 0 heterocycles. The Morgan fingerprint density at radius 1 is 1.58 bits per heavy atom. The van der Waals surface area contributed by atoms with Gasteiger partial charge in [-0.25, -0.2) is 0 Å². The molecule has 1 aromatic rings. The first-order chi connectivity index (χ1) is 8.97. The Balaban J connectivity index is 2.72. The van der Waals surface area contributed by atoms with Gasteiger partial charge in [-0.05, 0) is 24.7 Å². The van der Waals surface area contributed by atoms with Crippen LogP contribution in [0.5, 0.6) is 5.75 Å². The molecule has 0 saturated carbocycles. The molecule has 0 spiro atoms. The van der Waals surface area contributed by atoms with Gasteiger partial charge < -0.3 is 14.7 Å². The Morgan fingerprint density at radius 2 is 2.26 bits per heavy atom. The fraction of sp³-hybridized carbons (Fsp3) is 0.429. The number of nitriles is 1. The fourth-order valence-corrected chi connectivity index (χ4v) is 1.86. The van der Waals surface area contributed by atoms with E-state index in [1.165, 1.54) is 7.11 Å². The van der Waals surface area contributed by atoms with Crippen molar-refractivity contribution in [1.82, 2.24) is 4.90 Å². The number of carboxylic acid groups (broad SMARTS) is 1. The molecule has 1 atom stereocenters. The zero-order valence-electron chi connectivity index (χ0n) is 11.4. The number of hydrogen-bond donors (Lipinski definition) is 1. The summed E-state index contributed by atoms with van der Waals surface area (Å²) in [5.41, 5.74) is 1.44. The van der Waals surface area contributed by atoms with Gasteiger partial charge in [0.2, 0.25) is 0 Å². The average molecular weight is 262 g/mol. The Labute approximate surface area is 113 Å². The minimum atomic E-state index is -0.806. The standard InChI is InChI=1S/C14H18N2O3/c1-10(14(17)18)8-16(2)9-11-4-5-13(19-3)12(6-11)7-15/h4-6,10H,8-9H2,1-3H3,(H,17,18). The number of methoxy groups -OCH3 is 1. The molecule has 0 radical (unpaired) electrons. The maximum absolute atomic E-state index is 10.8. The van der Waals surface area contributed by atoms with Crippen LogP contribution in [-0.2, 0) is 11.3 Å². The van der Waals surface area contributed by atoms with Crippen LogP contribution in [0.3, 0.4) is 0 Å². The maximum Gasteiger partial charge on any atom is 0.307 e. The molecule has 0 fully saturated rings. The van der Waals surface area contributed by atoms with E-state index in [-0.39, 0.29) is 0 Å². The number of hydrogen-bond acceptors (Lipinski definition) is 4.